The van der Waals surface area contributed by atoms with Gasteiger partial charge in [0.2, 0.25) is 5.91 Å². The standard InChI is InChI=1S/C11H17N3OS/c1-8-7-16-11(12-8)14-5-3-4-10(6-14)13-9(2)15/h7,10H,3-6H2,1-2H3,(H,13,15). The second kappa shape index (κ2) is 4.82. The molecule has 0 spiro atoms. The first-order valence-electron chi connectivity index (χ1n) is 5.59. The van der Waals surface area contributed by atoms with E-state index in [9.17, 15) is 4.79 Å². The van der Waals surface area contributed by atoms with Crippen LogP contribution in [0.5, 0.6) is 0 Å². The van der Waals surface area contributed by atoms with E-state index >= 15 is 0 Å². The van der Waals surface area contributed by atoms with Gasteiger partial charge in [-0.2, -0.15) is 0 Å². The first-order valence-corrected chi connectivity index (χ1v) is 6.47. The number of nitrogens with one attached hydrogen (secondary N) is 1. The van der Waals surface area contributed by atoms with Gasteiger partial charge in [-0.05, 0) is 19.8 Å². The van der Waals surface area contributed by atoms with Crippen LogP contribution in [0.4, 0.5) is 5.13 Å². The van der Waals surface area contributed by atoms with Crippen LogP contribution >= 0.6 is 11.3 Å². The lowest BCUT2D eigenvalue weighted by Crippen LogP contribution is -2.47. The smallest absolute Gasteiger partial charge is 0.217 e. The molecule has 1 N–H and O–H groups in total. The maximum absolute atomic E-state index is 11.0. The number of hydrogen-bond acceptors (Lipinski definition) is 4. The van der Waals surface area contributed by atoms with Gasteiger partial charge in [-0.25, -0.2) is 4.98 Å². The van der Waals surface area contributed by atoms with E-state index < -0.39 is 0 Å². The van der Waals surface area contributed by atoms with Crippen molar-refractivity contribution in [3.63, 3.8) is 0 Å². The normalized spacial score (nSPS) is 20.9. The Balaban J connectivity index is 1.99. The Morgan fingerprint density at radius 2 is 2.50 bits per heavy atom. The minimum Gasteiger partial charge on any atom is -0.352 e. The monoisotopic (exact) mass is 239 g/mol. The van der Waals surface area contributed by atoms with E-state index in [1.807, 2.05) is 6.92 Å². The Labute approximate surface area is 99.7 Å². The van der Waals surface area contributed by atoms with Gasteiger partial charge in [0.15, 0.2) is 5.13 Å². The first kappa shape index (κ1) is 11.4. The van der Waals surface area contributed by atoms with Gasteiger partial charge >= 0.3 is 0 Å². The Kier molecular flexibility index (Phi) is 3.43. The summed E-state index contributed by atoms with van der Waals surface area (Å²) in [7, 11) is 0. The van der Waals surface area contributed by atoms with Gasteiger partial charge in [-0.3, -0.25) is 4.79 Å². The molecule has 2 heterocycles. The number of thiazole rings is 1. The number of aromatic nitrogens is 1. The summed E-state index contributed by atoms with van der Waals surface area (Å²) in [6.07, 6.45) is 2.18. The lowest BCUT2D eigenvalue weighted by atomic mass is 10.1. The molecule has 5 heteroatoms. The van der Waals surface area contributed by atoms with Crippen LogP contribution < -0.4 is 10.2 Å². The highest BCUT2D eigenvalue weighted by molar-refractivity contribution is 7.13. The zero-order valence-electron chi connectivity index (χ0n) is 9.69. The summed E-state index contributed by atoms with van der Waals surface area (Å²) in [6.45, 7) is 5.51. The third-order valence-corrected chi connectivity index (χ3v) is 3.73. The van der Waals surface area contributed by atoms with Gasteiger partial charge in [-0.15, -0.1) is 11.3 Å². The number of hydrogen-bond donors (Lipinski definition) is 1. The Morgan fingerprint density at radius 3 is 3.12 bits per heavy atom. The van der Waals surface area contributed by atoms with Crippen molar-refractivity contribution < 1.29 is 4.79 Å². The number of nitrogens with zero attached hydrogens (tertiary/aromatic N) is 2. The molecule has 1 unspecified atom stereocenters. The summed E-state index contributed by atoms with van der Waals surface area (Å²) >= 11 is 1.68. The molecule has 1 aliphatic rings. The number of carbonyl (C=O) groups excluding carboxylic acids is 1. The van der Waals surface area contributed by atoms with Crippen molar-refractivity contribution in [2.75, 3.05) is 18.0 Å². The van der Waals surface area contributed by atoms with Gasteiger partial charge in [0.25, 0.3) is 0 Å². The number of piperidine rings is 1. The van der Waals surface area contributed by atoms with Crippen LogP contribution in [-0.2, 0) is 4.79 Å². The highest BCUT2D eigenvalue weighted by atomic mass is 32.1. The summed E-state index contributed by atoms with van der Waals surface area (Å²) in [5.74, 6) is 0.0576. The molecule has 1 aromatic heterocycles. The molecule has 1 aromatic rings. The topological polar surface area (TPSA) is 45.2 Å². The molecule has 88 valence electrons. The van der Waals surface area contributed by atoms with E-state index in [0.29, 0.717) is 0 Å². The fourth-order valence-corrected chi connectivity index (χ4v) is 2.88. The summed E-state index contributed by atoms with van der Waals surface area (Å²) in [6, 6.07) is 0.274. The maximum Gasteiger partial charge on any atom is 0.217 e. The van der Waals surface area contributed by atoms with Crippen LogP contribution in [0.3, 0.4) is 0 Å². The molecule has 0 aliphatic carbocycles. The van der Waals surface area contributed by atoms with Crippen molar-refractivity contribution in [3.8, 4) is 0 Å². The molecule has 0 aromatic carbocycles. The highest BCUT2D eigenvalue weighted by Gasteiger charge is 2.22. The molecule has 0 bridgehead atoms. The van der Waals surface area contributed by atoms with E-state index in [-0.39, 0.29) is 11.9 Å². The number of aryl methyl sites for hydroxylation is 1. The maximum atomic E-state index is 11.0. The largest absolute Gasteiger partial charge is 0.352 e. The average Bonchev–Trinajstić information content (AvgIpc) is 2.64. The van der Waals surface area contributed by atoms with Crippen LogP contribution in [-0.4, -0.2) is 30.0 Å². The average molecular weight is 239 g/mol. The fraction of sp³-hybridized carbons (Fsp3) is 0.636. The predicted octanol–water partition coefficient (Wildman–Crippen LogP) is 1.56. The van der Waals surface area contributed by atoms with Crippen LogP contribution in [0.15, 0.2) is 5.38 Å². The molecule has 0 radical (unpaired) electrons. The van der Waals surface area contributed by atoms with Crippen molar-refractivity contribution in [3.05, 3.63) is 11.1 Å². The Morgan fingerprint density at radius 1 is 1.69 bits per heavy atom. The second-order valence-corrected chi connectivity index (χ2v) is 5.09. The molecule has 1 atom stereocenters. The van der Waals surface area contributed by atoms with Crippen molar-refractivity contribution in [1.82, 2.24) is 10.3 Å². The molecule has 0 saturated carbocycles. The van der Waals surface area contributed by atoms with Crippen LogP contribution in [0.2, 0.25) is 0 Å². The van der Waals surface area contributed by atoms with Crippen molar-refractivity contribution in [2.24, 2.45) is 0 Å². The molecular formula is C11H17N3OS. The second-order valence-electron chi connectivity index (χ2n) is 4.26. The van der Waals surface area contributed by atoms with Crippen LogP contribution in [0.1, 0.15) is 25.5 Å². The number of carbonyl (C=O) groups is 1. The quantitative estimate of drug-likeness (QED) is 0.852. The molecule has 2 rings (SSSR count). The van der Waals surface area contributed by atoms with E-state index in [1.165, 1.54) is 0 Å². The number of amides is 1. The minimum atomic E-state index is 0.0576. The van der Waals surface area contributed by atoms with Gasteiger partial charge < -0.3 is 10.2 Å². The summed E-state index contributed by atoms with van der Waals surface area (Å²) in [5, 5.41) is 6.13. The number of anilines is 1. The zero-order valence-corrected chi connectivity index (χ0v) is 10.5. The molecular weight excluding hydrogens is 222 g/mol. The van der Waals surface area contributed by atoms with Gasteiger partial charge in [0.1, 0.15) is 0 Å². The van der Waals surface area contributed by atoms with Gasteiger partial charge in [0, 0.05) is 31.4 Å². The van der Waals surface area contributed by atoms with Crippen LogP contribution in [0.25, 0.3) is 0 Å². The van der Waals surface area contributed by atoms with E-state index in [0.717, 1.165) is 36.8 Å². The predicted molar refractivity (Wildman–Crippen MR) is 65.9 cm³/mol. The lowest BCUT2D eigenvalue weighted by Gasteiger charge is -2.32. The van der Waals surface area contributed by atoms with Gasteiger partial charge in [0.05, 0.1) is 5.69 Å². The molecule has 1 amide bonds. The summed E-state index contributed by atoms with van der Waals surface area (Å²) < 4.78 is 0. The van der Waals surface area contributed by atoms with Crippen molar-refractivity contribution in [1.29, 1.82) is 0 Å². The van der Waals surface area contributed by atoms with Gasteiger partial charge in [-0.1, -0.05) is 0 Å². The molecule has 1 aliphatic heterocycles. The molecule has 1 fully saturated rings. The van der Waals surface area contributed by atoms with E-state index in [4.69, 9.17) is 0 Å². The van der Waals surface area contributed by atoms with Crippen molar-refractivity contribution >= 4 is 22.4 Å². The lowest BCUT2D eigenvalue weighted by molar-refractivity contribution is -0.119. The SMILES string of the molecule is CC(=O)NC1CCCN(c2nc(C)cs2)C1. The zero-order chi connectivity index (χ0) is 11.5. The van der Waals surface area contributed by atoms with Crippen LogP contribution in [0, 0.1) is 6.92 Å². The third kappa shape index (κ3) is 2.72. The Bertz CT molecular complexity index is 377. The van der Waals surface area contributed by atoms with E-state index in [1.54, 1.807) is 18.3 Å². The summed E-state index contributed by atoms with van der Waals surface area (Å²) in [5.41, 5.74) is 1.07. The number of rotatable bonds is 2. The Hall–Kier alpha value is -1.10. The van der Waals surface area contributed by atoms with E-state index in [2.05, 4.69) is 20.6 Å². The third-order valence-electron chi connectivity index (χ3n) is 2.71. The fourth-order valence-electron chi connectivity index (χ4n) is 2.04. The molecule has 16 heavy (non-hydrogen) atoms. The van der Waals surface area contributed by atoms with Crippen molar-refractivity contribution in [2.45, 2.75) is 32.7 Å². The molecule has 1 saturated heterocycles. The summed E-state index contributed by atoms with van der Waals surface area (Å²) in [4.78, 5) is 17.8. The minimum absolute atomic E-state index is 0.0576. The highest BCUT2D eigenvalue weighted by Crippen LogP contribution is 2.23. The first-order chi connectivity index (χ1) is 7.65. The molecule has 4 nitrogen and oxygen atoms in total.